The van der Waals surface area contributed by atoms with Crippen LogP contribution in [0.15, 0.2) is 17.0 Å². The van der Waals surface area contributed by atoms with Gasteiger partial charge in [-0.3, -0.25) is 4.90 Å². The highest BCUT2D eigenvalue weighted by atomic mass is 32.3. The summed E-state index contributed by atoms with van der Waals surface area (Å²) in [4.78, 5) is 16.4. The van der Waals surface area contributed by atoms with Crippen LogP contribution in [0.5, 0.6) is 5.75 Å². The molecule has 0 atom stereocenters. The van der Waals surface area contributed by atoms with Crippen LogP contribution in [0.3, 0.4) is 0 Å². The fourth-order valence-electron chi connectivity index (χ4n) is 2.69. The summed E-state index contributed by atoms with van der Waals surface area (Å²) in [6, 6.07) is 3.28. The van der Waals surface area contributed by atoms with Gasteiger partial charge >= 0.3 is 16.6 Å². The summed E-state index contributed by atoms with van der Waals surface area (Å²) in [6.45, 7) is 9.89. The number of piperazine rings is 1. The van der Waals surface area contributed by atoms with Crippen molar-refractivity contribution < 1.29 is 26.0 Å². The molecule has 0 saturated carbocycles. The molecule has 1 aromatic rings. The highest BCUT2D eigenvalue weighted by Gasteiger charge is 2.26. The molecule has 1 fully saturated rings. The molecular formula is C17H25FN2O5S2. The molecule has 1 aliphatic heterocycles. The van der Waals surface area contributed by atoms with Crippen LogP contribution in [0.4, 0.5) is 8.68 Å². The number of carbonyl (C=O) groups is 1. The lowest BCUT2D eigenvalue weighted by Gasteiger charge is -2.35. The summed E-state index contributed by atoms with van der Waals surface area (Å²) >= 11 is 4.30. The normalized spacial score (nSPS) is 16.3. The summed E-state index contributed by atoms with van der Waals surface area (Å²) in [7, 11) is -5.10. The van der Waals surface area contributed by atoms with E-state index < -0.39 is 16.1 Å². The highest BCUT2D eigenvalue weighted by molar-refractivity contribution is 7.81. The lowest BCUT2D eigenvalue weighted by molar-refractivity contribution is 0.0139. The maximum absolute atomic E-state index is 12.9. The molecule has 1 amide bonds. The molecule has 152 valence electrons. The van der Waals surface area contributed by atoms with Crippen molar-refractivity contribution in [3.05, 3.63) is 23.3 Å². The summed E-state index contributed by atoms with van der Waals surface area (Å²) < 4.78 is 44.2. The molecule has 1 aromatic carbocycles. The second-order valence-electron chi connectivity index (χ2n) is 7.46. The Morgan fingerprint density at radius 2 is 1.81 bits per heavy atom. The molecule has 7 nitrogen and oxygen atoms in total. The topological polar surface area (TPSA) is 76.2 Å². The molecule has 10 heteroatoms. The maximum atomic E-state index is 12.9. The van der Waals surface area contributed by atoms with Gasteiger partial charge in [-0.25, -0.2) is 4.79 Å². The molecule has 27 heavy (non-hydrogen) atoms. The second-order valence-corrected chi connectivity index (χ2v) is 8.89. The first-order chi connectivity index (χ1) is 12.3. The lowest BCUT2D eigenvalue weighted by atomic mass is 10.1. The molecule has 0 unspecified atom stereocenters. The van der Waals surface area contributed by atoms with E-state index in [4.69, 9.17) is 4.74 Å². The number of carbonyl (C=O) groups excluding carboxylic acids is 1. The van der Waals surface area contributed by atoms with Crippen LogP contribution < -0.4 is 4.18 Å². The van der Waals surface area contributed by atoms with E-state index in [0.29, 0.717) is 43.2 Å². The van der Waals surface area contributed by atoms with Crippen molar-refractivity contribution >= 4 is 29.2 Å². The van der Waals surface area contributed by atoms with Crippen molar-refractivity contribution in [2.75, 3.05) is 26.2 Å². The highest BCUT2D eigenvalue weighted by Crippen LogP contribution is 2.29. The van der Waals surface area contributed by atoms with Gasteiger partial charge in [-0.15, -0.1) is 12.6 Å². The Bertz CT molecular complexity index is 800. The van der Waals surface area contributed by atoms with Gasteiger partial charge in [0.15, 0.2) is 0 Å². The van der Waals surface area contributed by atoms with Crippen LogP contribution in [0.2, 0.25) is 0 Å². The van der Waals surface area contributed by atoms with Gasteiger partial charge in [0.1, 0.15) is 11.4 Å². The van der Waals surface area contributed by atoms with E-state index in [2.05, 4.69) is 21.7 Å². The average Bonchev–Trinajstić information content (AvgIpc) is 2.50. The van der Waals surface area contributed by atoms with Crippen molar-refractivity contribution in [3.8, 4) is 5.75 Å². The zero-order chi connectivity index (χ0) is 20.4. The van der Waals surface area contributed by atoms with Gasteiger partial charge in [-0.1, -0.05) is 3.89 Å². The Labute approximate surface area is 165 Å². The van der Waals surface area contributed by atoms with E-state index in [9.17, 15) is 17.1 Å². The van der Waals surface area contributed by atoms with Gasteiger partial charge in [0, 0.05) is 43.2 Å². The first kappa shape index (κ1) is 21.8. The van der Waals surface area contributed by atoms with Crippen LogP contribution in [0, 0.1) is 6.92 Å². The van der Waals surface area contributed by atoms with E-state index in [0.717, 1.165) is 5.56 Å². The standard InChI is InChI=1S/C17H25FN2O5S2/c1-12-14(25-27(18,22)23)9-13(10-15(12)26)11-19-5-7-20(8-6-19)16(21)24-17(2,3)4/h9-10,26H,5-8,11H2,1-4H3. The lowest BCUT2D eigenvalue weighted by Crippen LogP contribution is -2.49. The Balaban J connectivity index is 2.00. The summed E-state index contributed by atoms with van der Waals surface area (Å²) in [5.41, 5.74) is 0.653. The number of nitrogens with zero attached hydrogens (tertiary/aromatic N) is 2. The van der Waals surface area contributed by atoms with Gasteiger partial charge in [0.2, 0.25) is 0 Å². The molecule has 0 bridgehead atoms. The third kappa shape index (κ3) is 6.86. The summed E-state index contributed by atoms with van der Waals surface area (Å²) in [5, 5.41) is 0. The SMILES string of the molecule is Cc1c(S)cc(CN2CCN(C(=O)OC(C)(C)C)CC2)cc1OS(=O)(=O)F. The van der Waals surface area contributed by atoms with Crippen molar-refractivity contribution in [2.45, 2.75) is 44.7 Å². The van der Waals surface area contributed by atoms with Crippen LogP contribution in [-0.4, -0.2) is 56.1 Å². The molecule has 1 saturated heterocycles. The number of rotatable bonds is 4. The predicted octanol–water partition coefficient (Wildman–Crippen LogP) is 2.93. The molecule has 0 aromatic heterocycles. The Morgan fingerprint density at radius 3 is 2.33 bits per heavy atom. The molecular weight excluding hydrogens is 395 g/mol. The average molecular weight is 421 g/mol. The zero-order valence-corrected chi connectivity index (χ0v) is 17.6. The summed E-state index contributed by atoms with van der Waals surface area (Å²) in [5.74, 6) is -0.0765. The molecule has 2 rings (SSSR count). The van der Waals surface area contributed by atoms with E-state index in [1.807, 2.05) is 20.8 Å². The minimum atomic E-state index is -5.10. The fraction of sp³-hybridized carbons (Fsp3) is 0.588. The van der Waals surface area contributed by atoms with Crippen LogP contribution >= 0.6 is 12.6 Å². The Hall–Kier alpha value is -1.52. The molecule has 0 radical (unpaired) electrons. The first-order valence-corrected chi connectivity index (χ1v) is 10.3. The molecule has 0 spiro atoms. The van der Waals surface area contributed by atoms with Crippen molar-refractivity contribution in [2.24, 2.45) is 0 Å². The number of benzene rings is 1. The number of thiol groups is 1. The molecule has 1 aliphatic rings. The van der Waals surface area contributed by atoms with Crippen LogP contribution in [0.25, 0.3) is 0 Å². The monoisotopic (exact) mass is 420 g/mol. The fourth-order valence-corrected chi connectivity index (χ4v) is 3.35. The van der Waals surface area contributed by atoms with Crippen LogP contribution in [-0.2, 0) is 21.8 Å². The number of ether oxygens (including phenoxy) is 1. The number of hydrogen-bond acceptors (Lipinski definition) is 7. The predicted molar refractivity (Wildman–Crippen MR) is 102 cm³/mol. The van der Waals surface area contributed by atoms with Crippen molar-refractivity contribution in [1.82, 2.24) is 9.80 Å². The van der Waals surface area contributed by atoms with Gasteiger partial charge in [-0.2, -0.15) is 8.42 Å². The van der Waals surface area contributed by atoms with Gasteiger partial charge < -0.3 is 13.8 Å². The van der Waals surface area contributed by atoms with E-state index in [1.165, 1.54) is 6.07 Å². The third-order valence-corrected chi connectivity index (χ3v) is 4.86. The zero-order valence-electron chi connectivity index (χ0n) is 15.9. The van der Waals surface area contributed by atoms with Gasteiger partial charge in [0.05, 0.1) is 0 Å². The Kier molecular flexibility index (Phi) is 6.64. The second kappa shape index (κ2) is 8.24. The minimum Gasteiger partial charge on any atom is -0.444 e. The number of hydrogen-bond donors (Lipinski definition) is 1. The molecule has 0 N–H and O–H groups in total. The minimum absolute atomic E-state index is 0.0765. The van der Waals surface area contributed by atoms with Crippen molar-refractivity contribution in [1.29, 1.82) is 0 Å². The van der Waals surface area contributed by atoms with Crippen molar-refractivity contribution in [3.63, 3.8) is 0 Å². The Morgan fingerprint density at radius 1 is 1.22 bits per heavy atom. The number of halogens is 1. The smallest absolute Gasteiger partial charge is 0.444 e. The summed E-state index contributed by atoms with van der Waals surface area (Å²) in [6.07, 6.45) is -0.334. The molecule has 0 aliphatic carbocycles. The van der Waals surface area contributed by atoms with E-state index in [-0.39, 0.29) is 11.8 Å². The van der Waals surface area contributed by atoms with Crippen LogP contribution in [0.1, 0.15) is 31.9 Å². The van der Waals surface area contributed by atoms with E-state index >= 15 is 0 Å². The quantitative estimate of drug-likeness (QED) is 0.596. The first-order valence-electron chi connectivity index (χ1n) is 8.51. The largest absolute Gasteiger partial charge is 0.488 e. The van der Waals surface area contributed by atoms with E-state index in [1.54, 1.807) is 17.9 Å². The van der Waals surface area contributed by atoms with Gasteiger partial charge in [0.25, 0.3) is 0 Å². The maximum Gasteiger partial charge on any atom is 0.488 e. The van der Waals surface area contributed by atoms with Gasteiger partial charge in [-0.05, 0) is 45.4 Å². The third-order valence-electron chi connectivity index (χ3n) is 4.01. The molecule has 1 heterocycles. The number of amides is 1.